The number of rotatable bonds is 6. The Morgan fingerprint density at radius 3 is 2.81 bits per heavy atom. The highest BCUT2D eigenvalue weighted by Gasteiger charge is 2.24. The van der Waals surface area contributed by atoms with Gasteiger partial charge in [-0.3, -0.25) is 0 Å². The number of hydrogen-bond donors (Lipinski definition) is 2. The van der Waals surface area contributed by atoms with Crippen molar-refractivity contribution >= 4 is 50.7 Å². The Hall–Kier alpha value is -3.30. The van der Waals surface area contributed by atoms with Crippen LogP contribution in [0.15, 0.2) is 65.3 Å². The Morgan fingerprint density at radius 1 is 1.22 bits per heavy atom. The topological polar surface area (TPSA) is 83.8 Å². The normalized spacial score (nSPS) is 15.6. The minimum absolute atomic E-state index is 0.0896. The molecule has 0 radical (unpaired) electrons. The second-order valence-electron chi connectivity index (χ2n) is 8.73. The lowest BCUT2D eigenvalue weighted by molar-refractivity contribution is 0.180. The highest BCUT2D eigenvalue weighted by molar-refractivity contribution is 9.10. The van der Waals surface area contributed by atoms with Crippen molar-refractivity contribution < 1.29 is 9.53 Å². The number of nitrogens with zero attached hydrogens (tertiary/aromatic N) is 4. The molecule has 0 bridgehead atoms. The van der Waals surface area contributed by atoms with Crippen LogP contribution in [-0.2, 0) is 0 Å². The number of hydrogen-bond acceptors (Lipinski definition) is 5. The highest BCUT2D eigenvalue weighted by Crippen LogP contribution is 2.30. The molecule has 2 amide bonds. The van der Waals surface area contributed by atoms with Crippen LogP contribution in [0.5, 0.6) is 5.75 Å². The third-order valence-corrected chi connectivity index (χ3v) is 7.19. The molecule has 0 spiro atoms. The first-order valence-corrected chi connectivity index (χ1v) is 12.9. The zero-order chi connectivity index (χ0) is 25.1. The second-order valence-corrected chi connectivity index (χ2v) is 9.99. The van der Waals surface area contributed by atoms with Gasteiger partial charge in [-0.2, -0.15) is 9.61 Å². The van der Waals surface area contributed by atoms with E-state index in [0.29, 0.717) is 29.7 Å². The van der Waals surface area contributed by atoms with E-state index in [4.69, 9.17) is 21.3 Å². The van der Waals surface area contributed by atoms with Gasteiger partial charge < -0.3 is 20.3 Å². The SMILES string of the molecule is COc1ccc(NC(=O)N2CCCC(CNc3cc(-c4ccccc4Cl)nc4c(Br)cnn34)C2)cc1. The van der Waals surface area contributed by atoms with Gasteiger partial charge >= 0.3 is 6.03 Å². The number of likely N-dealkylation sites (tertiary alicyclic amines) is 1. The van der Waals surface area contributed by atoms with E-state index in [1.165, 1.54) is 0 Å². The van der Waals surface area contributed by atoms with Crippen LogP contribution in [-0.4, -0.2) is 52.3 Å². The average molecular weight is 570 g/mol. The van der Waals surface area contributed by atoms with E-state index < -0.39 is 0 Å². The number of carbonyl (C=O) groups excluding carboxylic acids is 1. The predicted molar refractivity (Wildman–Crippen MR) is 146 cm³/mol. The third kappa shape index (κ3) is 5.27. The van der Waals surface area contributed by atoms with Crippen molar-refractivity contribution in [2.75, 3.05) is 37.4 Å². The maximum atomic E-state index is 12.9. The summed E-state index contributed by atoms with van der Waals surface area (Å²) in [5.74, 6) is 1.87. The fourth-order valence-corrected chi connectivity index (χ4v) is 4.99. The Kier molecular flexibility index (Phi) is 7.29. The Balaban J connectivity index is 1.28. The lowest BCUT2D eigenvalue weighted by Crippen LogP contribution is -2.44. The van der Waals surface area contributed by atoms with E-state index in [0.717, 1.165) is 52.4 Å². The largest absolute Gasteiger partial charge is 0.497 e. The van der Waals surface area contributed by atoms with Crippen LogP contribution in [0.25, 0.3) is 16.9 Å². The van der Waals surface area contributed by atoms with Gasteiger partial charge in [-0.1, -0.05) is 29.8 Å². The molecule has 1 aliphatic rings. The van der Waals surface area contributed by atoms with Gasteiger partial charge in [-0.05, 0) is 65.0 Å². The zero-order valence-corrected chi connectivity index (χ0v) is 22.1. The summed E-state index contributed by atoms with van der Waals surface area (Å²) in [4.78, 5) is 19.5. The number of amides is 2. The minimum atomic E-state index is -0.0896. The van der Waals surface area contributed by atoms with Crippen LogP contribution in [0, 0.1) is 5.92 Å². The molecule has 0 saturated carbocycles. The lowest BCUT2D eigenvalue weighted by atomic mass is 9.98. The number of aromatic nitrogens is 3. The minimum Gasteiger partial charge on any atom is -0.497 e. The monoisotopic (exact) mass is 568 g/mol. The van der Waals surface area contributed by atoms with Crippen LogP contribution in [0.2, 0.25) is 5.02 Å². The van der Waals surface area contributed by atoms with Gasteiger partial charge in [0.2, 0.25) is 0 Å². The molecule has 2 aromatic carbocycles. The maximum Gasteiger partial charge on any atom is 0.321 e. The van der Waals surface area contributed by atoms with Gasteiger partial charge in [0.05, 0.1) is 23.5 Å². The van der Waals surface area contributed by atoms with Gasteiger partial charge in [0, 0.05) is 42.0 Å². The zero-order valence-electron chi connectivity index (χ0n) is 19.7. The van der Waals surface area contributed by atoms with Crippen molar-refractivity contribution in [1.29, 1.82) is 0 Å². The number of piperidine rings is 1. The number of fused-ring (bicyclic) bond motifs is 1. The molecule has 10 heteroatoms. The van der Waals surface area contributed by atoms with Crippen LogP contribution in [0.1, 0.15) is 12.8 Å². The number of benzene rings is 2. The quantitative estimate of drug-likeness (QED) is 0.290. The van der Waals surface area contributed by atoms with Crippen molar-refractivity contribution in [3.8, 4) is 17.0 Å². The molecule has 5 rings (SSSR count). The van der Waals surface area contributed by atoms with E-state index in [1.54, 1.807) is 17.8 Å². The Bertz CT molecular complexity index is 1380. The standard InChI is InChI=1S/C26H26BrClN6O2/c1-36-19-10-8-18(9-11-19)31-26(35)33-12-4-5-17(16-33)14-29-24-13-23(20-6-2-3-7-22(20)28)32-25-21(27)15-30-34(24)25/h2-3,6-11,13,15,17,29H,4-5,12,14,16H2,1H3,(H,31,35). The number of carbonyl (C=O) groups is 1. The van der Waals surface area contributed by atoms with E-state index >= 15 is 0 Å². The van der Waals surface area contributed by atoms with E-state index in [-0.39, 0.29) is 6.03 Å². The molecule has 2 N–H and O–H groups in total. The van der Waals surface area contributed by atoms with Crippen LogP contribution in [0.4, 0.5) is 16.3 Å². The van der Waals surface area contributed by atoms with Gasteiger partial charge in [0.1, 0.15) is 11.6 Å². The smallest absolute Gasteiger partial charge is 0.321 e. The summed E-state index contributed by atoms with van der Waals surface area (Å²) in [7, 11) is 1.62. The molecule has 36 heavy (non-hydrogen) atoms. The highest BCUT2D eigenvalue weighted by atomic mass is 79.9. The van der Waals surface area contributed by atoms with Crippen LogP contribution in [0.3, 0.4) is 0 Å². The second kappa shape index (κ2) is 10.8. The first-order chi connectivity index (χ1) is 17.5. The summed E-state index contributed by atoms with van der Waals surface area (Å²) < 4.78 is 7.77. The van der Waals surface area contributed by atoms with Crippen molar-refractivity contribution in [2.45, 2.75) is 12.8 Å². The molecular weight excluding hydrogens is 544 g/mol. The molecule has 1 saturated heterocycles. The molecule has 1 unspecified atom stereocenters. The number of anilines is 2. The first kappa shape index (κ1) is 24.4. The van der Waals surface area contributed by atoms with Gasteiger partial charge in [-0.15, -0.1) is 0 Å². The third-order valence-electron chi connectivity index (χ3n) is 6.30. The fourth-order valence-electron chi connectivity index (χ4n) is 4.41. The molecule has 1 aliphatic heterocycles. The van der Waals surface area contributed by atoms with Gasteiger partial charge in [0.15, 0.2) is 5.65 Å². The number of methoxy groups -OCH3 is 1. The van der Waals surface area contributed by atoms with Crippen LogP contribution >= 0.6 is 27.5 Å². The van der Waals surface area contributed by atoms with Crippen LogP contribution < -0.4 is 15.4 Å². The summed E-state index contributed by atoms with van der Waals surface area (Å²) in [6.45, 7) is 2.11. The fraction of sp³-hybridized carbons (Fsp3) is 0.269. The van der Waals surface area contributed by atoms with E-state index in [2.05, 4.69) is 31.7 Å². The molecule has 186 valence electrons. The van der Waals surface area contributed by atoms with E-state index in [1.807, 2.05) is 59.5 Å². The Labute approximate surface area is 222 Å². The summed E-state index contributed by atoms with van der Waals surface area (Å²) in [6.07, 6.45) is 3.72. The molecule has 4 aromatic rings. The molecule has 3 heterocycles. The molecule has 0 aliphatic carbocycles. The van der Waals surface area contributed by atoms with Crippen molar-refractivity contribution in [1.82, 2.24) is 19.5 Å². The maximum absolute atomic E-state index is 12.9. The summed E-state index contributed by atoms with van der Waals surface area (Å²) in [5, 5.41) is 11.6. The molecule has 1 fully saturated rings. The number of urea groups is 1. The number of ether oxygens (including phenoxy) is 1. The average Bonchev–Trinajstić information content (AvgIpc) is 3.28. The summed E-state index contributed by atoms with van der Waals surface area (Å²) in [6, 6.07) is 16.9. The summed E-state index contributed by atoms with van der Waals surface area (Å²) in [5.41, 5.74) is 3.08. The van der Waals surface area contributed by atoms with Crippen molar-refractivity contribution in [2.24, 2.45) is 5.92 Å². The van der Waals surface area contributed by atoms with Gasteiger partial charge in [-0.25, -0.2) is 9.78 Å². The van der Waals surface area contributed by atoms with Crippen molar-refractivity contribution in [3.63, 3.8) is 0 Å². The molecule has 8 nitrogen and oxygen atoms in total. The lowest BCUT2D eigenvalue weighted by Gasteiger charge is -2.33. The molecule has 1 atom stereocenters. The first-order valence-electron chi connectivity index (χ1n) is 11.7. The molecular formula is C26H26BrClN6O2. The van der Waals surface area contributed by atoms with E-state index in [9.17, 15) is 4.79 Å². The van der Waals surface area contributed by atoms with Crippen molar-refractivity contribution in [3.05, 3.63) is 70.3 Å². The van der Waals surface area contributed by atoms with Gasteiger partial charge in [0.25, 0.3) is 0 Å². The molecule has 2 aromatic heterocycles. The summed E-state index contributed by atoms with van der Waals surface area (Å²) >= 11 is 10.00. The number of nitrogens with one attached hydrogen (secondary N) is 2. The number of halogens is 2. The Morgan fingerprint density at radius 2 is 2.03 bits per heavy atom. The predicted octanol–water partition coefficient (Wildman–Crippen LogP) is 6.18.